The lowest BCUT2D eigenvalue weighted by Crippen LogP contribution is -2.43. The number of nitrogens with one attached hydrogen (secondary N) is 2. The highest BCUT2D eigenvalue weighted by molar-refractivity contribution is 5.95. The van der Waals surface area contributed by atoms with Crippen molar-refractivity contribution in [2.45, 2.75) is 63.5 Å². The van der Waals surface area contributed by atoms with Gasteiger partial charge >= 0.3 is 0 Å². The Balaban J connectivity index is 1.31. The van der Waals surface area contributed by atoms with Gasteiger partial charge in [-0.05, 0) is 73.4 Å². The van der Waals surface area contributed by atoms with Crippen molar-refractivity contribution in [3.05, 3.63) is 77.0 Å². The van der Waals surface area contributed by atoms with E-state index in [2.05, 4.69) is 31.3 Å². The van der Waals surface area contributed by atoms with Gasteiger partial charge in [0.25, 0.3) is 5.91 Å². The van der Waals surface area contributed by atoms with Crippen LogP contribution in [0.1, 0.15) is 72.6 Å². The number of carbonyl (C=O) groups is 2. The summed E-state index contributed by atoms with van der Waals surface area (Å²) >= 11 is 0. The van der Waals surface area contributed by atoms with Crippen molar-refractivity contribution < 1.29 is 19.5 Å². The smallest absolute Gasteiger partial charge is 0.251 e. The molecule has 3 atom stereocenters. The topological polar surface area (TPSA) is 101 Å². The average Bonchev–Trinajstić information content (AvgIpc) is 3.49. The van der Waals surface area contributed by atoms with Crippen LogP contribution in [0.3, 0.4) is 0 Å². The highest BCUT2D eigenvalue weighted by Crippen LogP contribution is 2.44. The number of benzene rings is 2. The van der Waals surface area contributed by atoms with Gasteiger partial charge < -0.3 is 10.1 Å². The van der Waals surface area contributed by atoms with E-state index in [0.717, 1.165) is 41.4 Å². The first-order chi connectivity index (χ1) is 17.4. The molecule has 3 N–H and O–H groups in total. The van der Waals surface area contributed by atoms with Crippen LogP contribution >= 0.6 is 0 Å². The van der Waals surface area contributed by atoms with Crippen LogP contribution in [0.4, 0.5) is 0 Å². The standard InChI is InChI=1S/C29H33N3O4/c1-18(2)25-15-21(22-6-3-4-7-24(22)30-25)14-19-8-10-20(11-9-19)27(33)31-26-17-29(12-5-13-36-29)16-23(26)28(34)32-35/h3-4,6-11,15,18,23,26,35H,5,12-14,16-17H2,1-2H3,(H,31,33)(H,32,34)/t23-,26+,29+/m0/s1. The number of rotatable bonds is 6. The number of para-hydroxylation sites is 1. The quantitative estimate of drug-likeness (QED) is 0.351. The first kappa shape index (κ1) is 24.4. The van der Waals surface area contributed by atoms with Crippen molar-refractivity contribution in [1.29, 1.82) is 0 Å². The van der Waals surface area contributed by atoms with Gasteiger partial charge in [0.05, 0.1) is 17.0 Å². The van der Waals surface area contributed by atoms with Crippen molar-refractivity contribution in [2.24, 2.45) is 5.92 Å². The number of aromatic nitrogens is 1. The van der Waals surface area contributed by atoms with Gasteiger partial charge in [-0.15, -0.1) is 0 Å². The Hall–Kier alpha value is -3.29. The number of amides is 2. The second-order valence-corrected chi connectivity index (χ2v) is 10.5. The largest absolute Gasteiger partial charge is 0.375 e. The fourth-order valence-corrected chi connectivity index (χ4v) is 5.71. The Morgan fingerprint density at radius 1 is 1.14 bits per heavy atom. The van der Waals surface area contributed by atoms with Gasteiger partial charge in [-0.25, -0.2) is 5.48 Å². The monoisotopic (exact) mass is 487 g/mol. The lowest BCUT2D eigenvalue weighted by molar-refractivity contribution is -0.134. The molecule has 7 heteroatoms. The molecule has 2 fully saturated rings. The van der Waals surface area contributed by atoms with Crippen LogP contribution in [-0.4, -0.2) is 40.3 Å². The molecule has 0 unspecified atom stereocenters. The summed E-state index contributed by atoms with van der Waals surface area (Å²) in [7, 11) is 0. The van der Waals surface area contributed by atoms with Crippen molar-refractivity contribution in [3.8, 4) is 0 Å². The van der Waals surface area contributed by atoms with Crippen molar-refractivity contribution >= 4 is 22.7 Å². The van der Waals surface area contributed by atoms with Crippen LogP contribution < -0.4 is 10.8 Å². The third-order valence-corrected chi connectivity index (χ3v) is 7.64. The van der Waals surface area contributed by atoms with Crippen LogP contribution in [0.15, 0.2) is 54.6 Å². The van der Waals surface area contributed by atoms with Crippen molar-refractivity contribution in [1.82, 2.24) is 15.8 Å². The molecule has 2 aliphatic rings. The summed E-state index contributed by atoms with van der Waals surface area (Å²) < 4.78 is 5.95. The van der Waals surface area contributed by atoms with Gasteiger partial charge in [0, 0.05) is 29.3 Å². The molecule has 1 saturated heterocycles. The molecule has 5 rings (SSSR count). The number of hydrogen-bond donors (Lipinski definition) is 3. The van der Waals surface area contributed by atoms with E-state index in [0.29, 0.717) is 30.9 Å². The zero-order valence-corrected chi connectivity index (χ0v) is 20.8. The summed E-state index contributed by atoms with van der Waals surface area (Å²) in [6, 6.07) is 17.6. The minimum atomic E-state index is -0.522. The number of fused-ring (bicyclic) bond motifs is 1. The number of nitrogens with zero attached hydrogens (tertiary/aromatic N) is 1. The average molecular weight is 488 g/mol. The SMILES string of the molecule is CC(C)c1cc(Cc2ccc(C(=O)N[C@@H]3C[C@@]4(CCCO4)C[C@@H]3C(=O)NO)cc2)c2ccccc2n1. The van der Waals surface area contributed by atoms with E-state index in [-0.39, 0.29) is 17.6 Å². The molecule has 0 bridgehead atoms. The van der Waals surface area contributed by atoms with E-state index in [4.69, 9.17) is 9.72 Å². The second-order valence-electron chi connectivity index (χ2n) is 10.5. The maximum absolute atomic E-state index is 13.1. The van der Waals surface area contributed by atoms with Gasteiger partial charge in [0.1, 0.15) is 0 Å². The van der Waals surface area contributed by atoms with Gasteiger partial charge in [0.2, 0.25) is 5.91 Å². The molecule has 1 aliphatic carbocycles. The van der Waals surface area contributed by atoms with Gasteiger partial charge in [-0.2, -0.15) is 0 Å². The third-order valence-electron chi connectivity index (χ3n) is 7.64. The summed E-state index contributed by atoms with van der Waals surface area (Å²) in [4.78, 5) is 30.2. The van der Waals surface area contributed by atoms with Crippen LogP contribution in [0, 0.1) is 5.92 Å². The van der Waals surface area contributed by atoms with Crippen LogP contribution in [-0.2, 0) is 16.0 Å². The first-order valence-electron chi connectivity index (χ1n) is 12.7. The minimum absolute atomic E-state index is 0.228. The molecule has 2 amide bonds. The van der Waals surface area contributed by atoms with E-state index in [1.165, 1.54) is 5.56 Å². The number of ether oxygens (including phenoxy) is 1. The second kappa shape index (κ2) is 9.99. The highest BCUT2D eigenvalue weighted by atomic mass is 16.5. The molecule has 1 spiro atoms. The Morgan fingerprint density at radius 3 is 2.61 bits per heavy atom. The Labute approximate surface area is 211 Å². The normalized spacial score (nSPS) is 23.4. The maximum Gasteiger partial charge on any atom is 0.251 e. The molecule has 3 aromatic rings. The highest BCUT2D eigenvalue weighted by Gasteiger charge is 2.51. The van der Waals surface area contributed by atoms with E-state index in [1.54, 1.807) is 5.48 Å². The van der Waals surface area contributed by atoms with E-state index < -0.39 is 11.8 Å². The predicted octanol–water partition coefficient (Wildman–Crippen LogP) is 4.51. The zero-order chi connectivity index (χ0) is 25.3. The minimum Gasteiger partial charge on any atom is -0.375 e. The number of carbonyl (C=O) groups excluding carboxylic acids is 2. The molecule has 7 nitrogen and oxygen atoms in total. The van der Waals surface area contributed by atoms with E-state index in [9.17, 15) is 14.8 Å². The molecular weight excluding hydrogens is 454 g/mol. The van der Waals surface area contributed by atoms with Gasteiger partial charge in [0.15, 0.2) is 0 Å². The Kier molecular flexibility index (Phi) is 6.77. The van der Waals surface area contributed by atoms with Crippen LogP contribution in [0.25, 0.3) is 10.9 Å². The molecule has 2 heterocycles. The van der Waals surface area contributed by atoms with E-state index in [1.807, 2.05) is 42.5 Å². The van der Waals surface area contributed by atoms with Gasteiger partial charge in [-0.3, -0.25) is 19.8 Å². The molecular formula is C29H33N3O4. The van der Waals surface area contributed by atoms with Crippen molar-refractivity contribution in [3.63, 3.8) is 0 Å². The summed E-state index contributed by atoms with van der Waals surface area (Å²) in [5.41, 5.74) is 6.30. The maximum atomic E-state index is 13.1. The summed E-state index contributed by atoms with van der Waals surface area (Å²) in [5.74, 6) is -0.894. The van der Waals surface area contributed by atoms with Crippen molar-refractivity contribution in [2.75, 3.05) is 6.61 Å². The number of pyridine rings is 1. The third kappa shape index (κ3) is 4.86. The number of hydrogen-bond acceptors (Lipinski definition) is 5. The molecule has 1 aliphatic heterocycles. The lowest BCUT2D eigenvalue weighted by Gasteiger charge is -2.22. The fraction of sp³-hybridized carbons (Fsp3) is 0.414. The Morgan fingerprint density at radius 2 is 1.92 bits per heavy atom. The lowest BCUT2D eigenvalue weighted by atomic mass is 9.96. The summed E-state index contributed by atoms with van der Waals surface area (Å²) in [6.45, 7) is 4.96. The molecule has 0 radical (unpaired) electrons. The molecule has 1 aromatic heterocycles. The predicted molar refractivity (Wildman–Crippen MR) is 137 cm³/mol. The first-order valence-corrected chi connectivity index (χ1v) is 12.7. The Bertz CT molecular complexity index is 1270. The zero-order valence-electron chi connectivity index (χ0n) is 20.8. The molecule has 2 aromatic carbocycles. The van der Waals surface area contributed by atoms with Crippen LogP contribution in [0.2, 0.25) is 0 Å². The van der Waals surface area contributed by atoms with E-state index >= 15 is 0 Å². The number of hydroxylamine groups is 1. The molecule has 1 saturated carbocycles. The summed E-state index contributed by atoms with van der Waals surface area (Å²) in [6.07, 6.45) is 3.63. The fourth-order valence-electron chi connectivity index (χ4n) is 5.71. The summed E-state index contributed by atoms with van der Waals surface area (Å²) in [5, 5.41) is 13.4. The molecule has 188 valence electrons. The van der Waals surface area contributed by atoms with Crippen LogP contribution in [0.5, 0.6) is 0 Å². The molecule has 36 heavy (non-hydrogen) atoms. The van der Waals surface area contributed by atoms with Gasteiger partial charge in [-0.1, -0.05) is 44.2 Å².